The summed E-state index contributed by atoms with van der Waals surface area (Å²) in [6, 6.07) is 5.22. The Labute approximate surface area is 124 Å². The first-order chi connectivity index (χ1) is 9.92. The van der Waals surface area contributed by atoms with Crippen LogP contribution >= 0.6 is 0 Å². The molecule has 6 nitrogen and oxygen atoms in total. The minimum absolute atomic E-state index is 0.144. The highest BCUT2D eigenvalue weighted by molar-refractivity contribution is 5.71. The average molecular weight is 291 g/mol. The van der Waals surface area contributed by atoms with Crippen LogP contribution in [0.2, 0.25) is 0 Å². The molecule has 0 aliphatic heterocycles. The van der Waals surface area contributed by atoms with E-state index in [-0.39, 0.29) is 12.2 Å². The number of carbonyl (C=O) groups is 1. The smallest absolute Gasteiger partial charge is 0.243 e. The Kier molecular flexibility index (Phi) is 6.42. The third-order valence-corrected chi connectivity index (χ3v) is 2.88. The number of aryl methyl sites for hydroxylation is 2. The first-order valence-electron chi connectivity index (χ1n) is 6.67. The number of aromatic hydroxyl groups is 1. The summed E-state index contributed by atoms with van der Waals surface area (Å²) in [6.07, 6.45) is 6.35. The maximum absolute atomic E-state index is 10.3. The van der Waals surface area contributed by atoms with Gasteiger partial charge >= 0.3 is 0 Å². The van der Waals surface area contributed by atoms with Crippen LogP contribution in [0.15, 0.2) is 43.0 Å². The molecule has 0 aliphatic carbocycles. The first kappa shape index (κ1) is 16.7. The summed E-state index contributed by atoms with van der Waals surface area (Å²) in [5.41, 5.74) is 6.02. The van der Waals surface area contributed by atoms with Crippen molar-refractivity contribution in [3.05, 3.63) is 48.5 Å². The van der Waals surface area contributed by atoms with Crippen LogP contribution in [0.4, 0.5) is 0 Å². The van der Waals surface area contributed by atoms with Crippen molar-refractivity contribution < 1.29 is 19.6 Å². The highest BCUT2D eigenvalue weighted by atomic mass is 16.4. The lowest BCUT2D eigenvalue weighted by Crippen LogP contribution is -2.43. The number of hydrogen-bond acceptors (Lipinski definition) is 4. The van der Waals surface area contributed by atoms with Crippen molar-refractivity contribution in [1.29, 1.82) is 0 Å². The number of carbonyl (C=O) groups excluding carboxylic acids is 1. The van der Waals surface area contributed by atoms with Crippen molar-refractivity contribution in [2.24, 2.45) is 12.8 Å². The zero-order valence-electron chi connectivity index (χ0n) is 12.3. The number of phenols is 1. The van der Waals surface area contributed by atoms with E-state index in [1.807, 2.05) is 17.8 Å². The van der Waals surface area contributed by atoms with E-state index < -0.39 is 12.0 Å². The fourth-order valence-corrected chi connectivity index (χ4v) is 1.66. The van der Waals surface area contributed by atoms with Gasteiger partial charge in [-0.1, -0.05) is 12.1 Å². The molecule has 0 saturated carbocycles. The lowest BCUT2D eigenvalue weighted by molar-refractivity contribution is -0.671. The van der Waals surface area contributed by atoms with Crippen molar-refractivity contribution in [1.82, 2.24) is 4.57 Å². The van der Waals surface area contributed by atoms with Crippen LogP contribution < -0.4 is 15.4 Å². The number of hydrogen-bond donors (Lipinski definition) is 2. The van der Waals surface area contributed by atoms with E-state index in [4.69, 9.17) is 10.8 Å². The second kappa shape index (κ2) is 8.06. The van der Waals surface area contributed by atoms with Crippen LogP contribution in [0.3, 0.4) is 0 Å². The van der Waals surface area contributed by atoms with Crippen molar-refractivity contribution in [2.75, 3.05) is 0 Å². The number of carboxylic acids is 1. The second-order valence-electron chi connectivity index (χ2n) is 4.71. The van der Waals surface area contributed by atoms with Crippen LogP contribution in [0.25, 0.3) is 0 Å². The van der Waals surface area contributed by atoms with Crippen LogP contribution in [0.5, 0.6) is 5.75 Å². The molecule has 3 N–H and O–H groups in total. The number of aromatic nitrogens is 2. The molecule has 0 amide bonds. The van der Waals surface area contributed by atoms with E-state index in [0.29, 0.717) is 0 Å². The number of aliphatic carboxylic acids is 1. The van der Waals surface area contributed by atoms with Gasteiger partial charge in [-0.3, -0.25) is 0 Å². The Morgan fingerprint density at radius 3 is 2.43 bits per heavy atom. The third-order valence-electron chi connectivity index (χ3n) is 2.88. The summed E-state index contributed by atoms with van der Waals surface area (Å²) >= 11 is 0. The maximum Gasteiger partial charge on any atom is 0.243 e. The predicted molar refractivity (Wildman–Crippen MR) is 76.1 cm³/mol. The predicted octanol–water partition coefficient (Wildman–Crippen LogP) is -0.656. The van der Waals surface area contributed by atoms with Gasteiger partial charge in [-0.15, -0.1) is 0 Å². The fourth-order valence-electron chi connectivity index (χ4n) is 1.66. The Hall–Kier alpha value is -2.34. The summed E-state index contributed by atoms with van der Waals surface area (Å²) in [4.78, 5) is 10.3. The Morgan fingerprint density at radius 1 is 1.43 bits per heavy atom. The van der Waals surface area contributed by atoms with Gasteiger partial charge in [0.2, 0.25) is 6.33 Å². The topological polar surface area (TPSA) is 95.2 Å². The Bertz CT molecular complexity index is 564. The van der Waals surface area contributed by atoms with Crippen LogP contribution in [0.1, 0.15) is 12.5 Å². The second-order valence-corrected chi connectivity index (χ2v) is 4.71. The molecule has 1 aromatic carbocycles. The molecule has 0 fully saturated rings. The van der Waals surface area contributed by atoms with Crippen molar-refractivity contribution in [2.45, 2.75) is 25.9 Å². The molecule has 2 aromatic rings. The quantitative estimate of drug-likeness (QED) is 0.731. The van der Waals surface area contributed by atoms with Gasteiger partial charge in [0.25, 0.3) is 0 Å². The molecular weight excluding hydrogens is 270 g/mol. The van der Waals surface area contributed by atoms with Crippen LogP contribution in [-0.4, -0.2) is 21.7 Å². The molecule has 1 atom stereocenters. The minimum Gasteiger partial charge on any atom is -0.548 e. The molecule has 21 heavy (non-hydrogen) atoms. The zero-order valence-corrected chi connectivity index (χ0v) is 12.3. The largest absolute Gasteiger partial charge is 0.548 e. The molecule has 0 spiro atoms. The maximum atomic E-state index is 10.3. The molecule has 2 rings (SSSR count). The standard InChI is InChI=1S/C9H11NO3.C6H11N2/c10-8(9(12)13)5-6-1-3-7(11)4-2-6;1-3-8-5-4-7(2)6-8/h1-4,8,11H,5,10H2,(H,12,13);4-6H,3H2,1-2H3/q;+1/p-1/t8-;/m0./s1. The number of imidazole rings is 1. The molecule has 0 saturated heterocycles. The van der Waals surface area contributed by atoms with Crippen LogP contribution in [0, 0.1) is 0 Å². The number of phenolic OH excluding ortho intramolecular Hbond substituents is 1. The molecule has 1 heterocycles. The van der Waals surface area contributed by atoms with Gasteiger partial charge < -0.3 is 20.7 Å². The molecule has 1 aromatic heterocycles. The molecule has 0 unspecified atom stereocenters. The molecule has 0 radical (unpaired) electrons. The summed E-state index contributed by atoms with van der Waals surface area (Å²) in [7, 11) is 2.02. The normalized spacial score (nSPS) is 11.4. The van der Waals surface area contributed by atoms with E-state index in [0.717, 1.165) is 12.1 Å². The van der Waals surface area contributed by atoms with Gasteiger partial charge in [0.15, 0.2) is 0 Å². The monoisotopic (exact) mass is 291 g/mol. The number of benzene rings is 1. The summed E-state index contributed by atoms with van der Waals surface area (Å²) in [6.45, 7) is 3.18. The molecular formula is C15H21N3O3. The SMILES string of the molecule is CCn1cc[n+](C)c1.N[C@@H](Cc1ccc(O)cc1)C(=O)[O-]. The summed E-state index contributed by atoms with van der Waals surface area (Å²) in [5.74, 6) is -1.13. The van der Waals surface area contributed by atoms with Gasteiger partial charge in [-0.2, -0.15) is 0 Å². The highest BCUT2D eigenvalue weighted by Crippen LogP contribution is 2.10. The molecule has 6 heteroatoms. The van der Waals surface area contributed by atoms with Crippen LogP contribution in [-0.2, 0) is 24.8 Å². The molecule has 0 aliphatic rings. The van der Waals surface area contributed by atoms with Crippen molar-refractivity contribution in [3.63, 3.8) is 0 Å². The van der Waals surface area contributed by atoms with Gasteiger partial charge in [0.1, 0.15) is 18.1 Å². The van der Waals surface area contributed by atoms with Gasteiger partial charge in [-0.25, -0.2) is 9.13 Å². The number of rotatable bonds is 4. The Morgan fingerprint density at radius 2 is 2.05 bits per heavy atom. The number of nitrogens with zero attached hydrogens (tertiary/aromatic N) is 2. The van der Waals surface area contributed by atoms with E-state index in [9.17, 15) is 9.90 Å². The van der Waals surface area contributed by atoms with Crippen molar-refractivity contribution in [3.8, 4) is 5.75 Å². The third kappa shape index (κ3) is 6.09. The number of nitrogens with two attached hydrogens (primary N) is 1. The summed E-state index contributed by atoms with van der Waals surface area (Å²) in [5, 5.41) is 19.2. The zero-order chi connectivity index (χ0) is 15.8. The minimum atomic E-state index is -1.27. The van der Waals surface area contributed by atoms with E-state index >= 15 is 0 Å². The van der Waals surface area contributed by atoms with Gasteiger partial charge in [-0.05, 0) is 31.0 Å². The molecule has 114 valence electrons. The molecule has 0 bridgehead atoms. The average Bonchev–Trinajstić information content (AvgIpc) is 2.88. The van der Waals surface area contributed by atoms with Gasteiger partial charge in [0.05, 0.1) is 19.6 Å². The van der Waals surface area contributed by atoms with E-state index in [1.54, 1.807) is 12.1 Å². The lowest BCUT2D eigenvalue weighted by atomic mass is 10.1. The van der Waals surface area contributed by atoms with Crippen molar-refractivity contribution >= 4 is 5.97 Å². The Balaban J connectivity index is 0.000000235. The fraction of sp³-hybridized carbons (Fsp3) is 0.333. The number of carboxylic acid groups (broad SMARTS) is 1. The van der Waals surface area contributed by atoms with E-state index in [1.165, 1.54) is 12.1 Å². The van der Waals surface area contributed by atoms with Gasteiger partial charge in [0, 0.05) is 6.04 Å². The first-order valence-corrected chi connectivity index (χ1v) is 6.67. The lowest BCUT2D eigenvalue weighted by Gasteiger charge is -2.11. The summed E-state index contributed by atoms with van der Waals surface area (Å²) < 4.78 is 4.16. The van der Waals surface area contributed by atoms with E-state index in [2.05, 4.69) is 24.0 Å². The highest BCUT2D eigenvalue weighted by Gasteiger charge is 2.04.